The largest absolute Gasteiger partial charge is 0.361 e. The quantitative estimate of drug-likeness (QED) is 0.451. The van der Waals surface area contributed by atoms with Crippen molar-refractivity contribution in [2.45, 2.75) is 31.2 Å². The lowest BCUT2D eigenvalue weighted by Crippen LogP contribution is -2.40. The molecule has 1 N–H and O–H groups in total. The number of amides is 1. The zero-order valence-corrected chi connectivity index (χ0v) is 20.5. The molecule has 8 heteroatoms. The molecule has 2 aliphatic rings. The van der Waals surface area contributed by atoms with Crippen molar-refractivity contribution in [3.63, 3.8) is 0 Å². The monoisotopic (exact) mass is 500 g/mol. The lowest BCUT2D eigenvalue weighted by atomic mass is 9.98. The lowest BCUT2D eigenvalue weighted by Gasteiger charge is -2.23. The van der Waals surface area contributed by atoms with Crippen molar-refractivity contribution < 1.29 is 4.79 Å². The Bertz CT molecular complexity index is 1090. The summed E-state index contributed by atoms with van der Waals surface area (Å²) in [7, 11) is 0. The van der Waals surface area contributed by atoms with Crippen LogP contribution in [0.15, 0.2) is 54.0 Å². The van der Waals surface area contributed by atoms with Gasteiger partial charge in [-0.2, -0.15) is 0 Å². The van der Waals surface area contributed by atoms with Crippen LogP contribution in [0.25, 0.3) is 0 Å². The molecule has 0 aliphatic carbocycles. The molecule has 0 unspecified atom stereocenters. The van der Waals surface area contributed by atoms with Crippen molar-refractivity contribution in [1.29, 1.82) is 0 Å². The number of likely N-dealkylation sites (tertiary alicyclic amines) is 1. The van der Waals surface area contributed by atoms with E-state index in [1.54, 1.807) is 23.6 Å². The summed E-state index contributed by atoms with van der Waals surface area (Å²) < 4.78 is 0. The van der Waals surface area contributed by atoms with Crippen LogP contribution in [0.1, 0.15) is 29.9 Å². The first kappa shape index (κ1) is 22.7. The Kier molecular flexibility index (Phi) is 6.88. The van der Waals surface area contributed by atoms with Gasteiger partial charge in [0.05, 0.1) is 6.04 Å². The van der Waals surface area contributed by atoms with Gasteiger partial charge >= 0.3 is 0 Å². The van der Waals surface area contributed by atoms with Gasteiger partial charge in [0.2, 0.25) is 5.91 Å². The number of hydrogen-bond donors (Lipinski definition) is 1. The van der Waals surface area contributed by atoms with E-state index in [0.717, 1.165) is 61.8 Å². The van der Waals surface area contributed by atoms with Gasteiger partial charge in [-0.1, -0.05) is 35.3 Å². The van der Waals surface area contributed by atoms with Crippen LogP contribution in [0, 0.1) is 0 Å². The van der Waals surface area contributed by atoms with Gasteiger partial charge in [0.15, 0.2) is 5.13 Å². The minimum atomic E-state index is -0.0492. The summed E-state index contributed by atoms with van der Waals surface area (Å²) >= 11 is 14.0. The van der Waals surface area contributed by atoms with Crippen molar-refractivity contribution in [3.05, 3.63) is 75.2 Å². The van der Waals surface area contributed by atoms with Gasteiger partial charge < -0.3 is 10.2 Å². The maximum Gasteiger partial charge on any atom is 0.244 e. The van der Waals surface area contributed by atoms with Crippen LogP contribution >= 0.6 is 34.5 Å². The molecule has 1 aromatic heterocycles. The molecule has 2 fully saturated rings. The van der Waals surface area contributed by atoms with Crippen molar-refractivity contribution in [3.8, 4) is 0 Å². The maximum atomic E-state index is 13.3. The predicted molar refractivity (Wildman–Crippen MR) is 137 cm³/mol. The first-order valence-electron chi connectivity index (χ1n) is 11.3. The van der Waals surface area contributed by atoms with E-state index < -0.39 is 0 Å². The summed E-state index contributed by atoms with van der Waals surface area (Å²) in [4.78, 5) is 21.8. The molecular weight excluding hydrogens is 475 g/mol. The van der Waals surface area contributed by atoms with E-state index in [2.05, 4.69) is 39.5 Å². The lowest BCUT2D eigenvalue weighted by molar-refractivity contribution is -0.121. The molecule has 172 valence electrons. The second kappa shape index (κ2) is 10.0. The van der Waals surface area contributed by atoms with Crippen LogP contribution in [-0.4, -0.2) is 48.0 Å². The fourth-order valence-corrected chi connectivity index (χ4v) is 5.98. The van der Waals surface area contributed by atoms with Gasteiger partial charge in [-0.15, -0.1) is 11.3 Å². The maximum absolute atomic E-state index is 13.3. The number of halogens is 2. The molecule has 0 spiro atoms. The Morgan fingerprint density at radius 3 is 2.58 bits per heavy atom. The van der Waals surface area contributed by atoms with Crippen LogP contribution in [-0.2, 0) is 11.2 Å². The van der Waals surface area contributed by atoms with Crippen molar-refractivity contribution >= 4 is 51.3 Å². The highest BCUT2D eigenvalue weighted by Crippen LogP contribution is 2.34. The Balaban J connectivity index is 1.17. The third-order valence-electron chi connectivity index (χ3n) is 6.56. The van der Waals surface area contributed by atoms with Gasteiger partial charge in [-0.3, -0.25) is 9.69 Å². The highest BCUT2D eigenvalue weighted by atomic mass is 35.5. The molecule has 5 rings (SSSR count). The third-order valence-corrected chi connectivity index (χ3v) is 7.73. The Hall–Kier alpha value is -2.12. The minimum absolute atomic E-state index is 0.0492. The van der Waals surface area contributed by atoms with E-state index >= 15 is 0 Å². The number of anilines is 2. The first-order valence-corrected chi connectivity index (χ1v) is 12.9. The second-order valence-corrected chi connectivity index (χ2v) is 10.4. The summed E-state index contributed by atoms with van der Waals surface area (Å²) in [6.07, 6.45) is 4.60. The molecule has 2 saturated heterocycles. The molecule has 2 atom stereocenters. The number of nitrogens with one attached hydrogen (secondary N) is 1. The molecule has 2 aromatic carbocycles. The molecule has 3 aromatic rings. The van der Waals surface area contributed by atoms with E-state index in [-0.39, 0.29) is 11.9 Å². The van der Waals surface area contributed by atoms with Gasteiger partial charge in [0, 0.05) is 46.9 Å². The average molecular weight is 501 g/mol. The molecule has 3 heterocycles. The van der Waals surface area contributed by atoms with E-state index in [1.165, 1.54) is 5.56 Å². The summed E-state index contributed by atoms with van der Waals surface area (Å²) in [5.74, 6) is 0.568. The Morgan fingerprint density at radius 1 is 1.06 bits per heavy atom. The van der Waals surface area contributed by atoms with Crippen LogP contribution < -0.4 is 10.2 Å². The van der Waals surface area contributed by atoms with Crippen LogP contribution in [0.3, 0.4) is 0 Å². The molecule has 0 radical (unpaired) electrons. The average Bonchev–Trinajstić information content (AvgIpc) is 3.55. The smallest absolute Gasteiger partial charge is 0.244 e. The number of hydrogen-bond acceptors (Lipinski definition) is 5. The van der Waals surface area contributed by atoms with Crippen LogP contribution in [0.4, 0.5) is 10.8 Å². The van der Waals surface area contributed by atoms with Gasteiger partial charge in [-0.05, 0) is 73.2 Å². The van der Waals surface area contributed by atoms with E-state index in [1.807, 2.05) is 22.4 Å². The number of nitrogens with zero attached hydrogens (tertiary/aromatic N) is 3. The number of aromatic nitrogens is 1. The molecule has 2 aliphatic heterocycles. The molecule has 0 bridgehead atoms. The zero-order chi connectivity index (χ0) is 22.8. The molecule has 5 nitrogen and oxygen atoms in total. The Labute approximate surface area is 208 Å². The molecular formula is C25H26Cl2N4OS. The molecule has 33 heavy (non-hydrogen) atoms. The normalized spacial score (nSPS) is 21.2. The highest BCUT2D eigenvalue weighted by molar-refractivity contribution is 7.13. The van der Waals surface area contributed by atoms with Crippen LogP contribution in [0.2, 0.25) is 10.0 Å². The van der Waals surface area contributed by atoms with Gasteiger partial charge in [0.25, 0.3) is 0 Å². The van der Waals surface area contributed by atoms with Crippen molar-refractivity contribution in [1.82, 2.24) is 9.88 Å². The summed E-state index contributed by atoms with van der Waals surface area (Å²) in [5.41, 5.74) is 3.39. The number of carbonyl (C=O) groups is 1. The standard InChI is InChI=1S/C25H26Cl2N4OS/c26-20-13-19(14-21(27)15-20)18-6-10-30(16-18)23-7-11-31(24(23)32)22-3-1-17(2-4-22)5-8-28-25-29-9-12-33-25/h1-4,9,12-15,18,23H,5-8,10-11,16H2,(H,28,29)/t18-,23-/m1/s1. The Morgan fingerprint density at radius 2 is 1.85 bits per heavy atom. The van der Waals surface area contributed by atoms with Gasteiger partial charge in [0.1, 0.15) is 0 Å². The topological polar surface area (TPSA) is 48.5 Å². The van der Waals surface area contributed by atoms with Crippen molar-refractivity contribution in [2.24, 2.45) is 0 Å². The molecule has 0 saturated carbocycles. The summed E-state index contributed by atoms with van der Waals surface area (Å²) in [5, 5.41) is 7.58. The number of benzene rings is 2. The first-order chi connectivity index (χ1) is 16.1. The summed E-state index contributed by atoms with van der Waals surface area (Å²) in [6.45, 7) is 3.39. The third kappa shape index (κ3) is 5.19. The fourth-order valence-electron chi connectivity index (χ4n) is 4.88. The van der Waals surface area contributed by atoms with E-state index in [4.69, 9.17) is 23.2 Å². The second-order valence-electron chi connectivity index (χ2n) is 8.66. The number of carbonyl (C=O) groups excluding carboxylic acids is 1. The highest BCUT2D eigenvalue weighted by Gasteiger charge is 2.39. The minimum Gasteiger partial charge on any atom is -0.361 e. The fraction of sp³-hybridized carbons (Fsp3) is 0.360. The SMILES string of the molecule is O=C1[C@H](N2CC[C@@H](c3cc(Cl)cc(Cl)c3)C2)CCN1c1ccc(CCNc2nccs2)cc1. The molecule has 1 amide bonds. The van der Waals surface area contributed by atoms with E-state index in [0.29, 0.717) is 16.0 Å². The van der Waals surface area contributed by atoms with Gasteiger partial charge in [-0.25, -0.2) is 4.98 Å². The van der Waals surface area contributed by atoms with E-state index in [9.17, 15) is 4.79 Å². The number of thiazole rings is 1. The zero-order valence-electron chi connectivity index (χ0n) is 18.2. The predicted octanol–water partition coefficient (Wildman–Crippen LogP) is 5.70. The van der Waals surface area contributed by atoms with Crippen LogP contribution in [0.5, 0.6) is 0 Å². The number of rotatable bonds is 7. The summed E-state index contributed by atoms with van der Waals surface area (Å²) in [6, 6.07) is 14.1. The van der Waals surface area contributed by atoms with Crippen molar-refractivity contribution in [2.75, 3.05) is 36.4 Å².